The fourth-order valence-electron chi connectivity index (χ4n) is 0.947. The van der Waals surface area contributed by atoms with Crippen LogP contribution in [0.3, 0.4) is 0 Å². The van der Waals surface area contributed by atoms with Crippen LogP contribution < -0.4 is 10.1 Å². The zero-order valence-electron chi connectivity index (χ0n) is 7.98. The van der Waals surface area contributed by atoms with Gasteiger partial charge in [0.15, 0.2) is 0 Å². The Morgan fingerprint density at radius 3 is 2.86 bits per heavy atom. The molecule has 0 amide bonds. The van der Waals surface area contributed by atoms with Crippen molar-refractivity contribution in [3.8, 4) is 5.88 Å². The van der Waals surface area contributed by atoms with E-state index in [1.807, 2.05) is 0 Å². The molecule has 0 fully saturated rings. The minimum Gasteiger partial charge on any atom is -0.478 e. The summed E-state index contributed by atoms with van der Waals surface area (Å²) in [5.74, 6) is 0.675. The Balaban J connectivity index is 3.06. The number of nitrogens with one attached hydrogen (secondary N) is 1. The first-order valence-electron chi connectivity index (χ1n) is 4.14. The first-order chi connectivity index (χ1) is 6.67. The van der Waals surface area contributed by atoms with E-state index >= 15 is 0 Å². The molecule has 0 saturated carbocycles. The van der Waals surface area contributed by atoms with Gasteiger partial charge in [-0.3, -0.25) is 10.1 Å². The highest BCUT2D eigenvalue weighted by Crippen LogP contribution is 2.21. The number of hydrogen-bond donors (Lipinski definition) is 1. The van der Waals surface area contributed by atoms with E-state index in [-0.39, 0.29) is 11.6 Å². The summed E-state index contributed by atoms with van der Waals surface area (Å²) in [6.07, 6.45) is 0. The summed E-state index contributed by atoms with van der Waals surface area (Å²) in [6, 6.07) is 2.65. The summed E-state index contributed by atoms with van der Waals surface area (Å²) in [6.45, 7) is 2.22. The molecule has 0 aliphatic rings. The molecule has 76 valence electrons. The molecule has 1 N–H and O–H groups in total. The van der Waals surface area contributed by atoms with Gasteiger partial charge in [-0.15, -0.1) is 0 Å². The van der Waals surface area contributed by atoms with E-state index in [4.69, 9.17) is 4.74 Å². The maximum absolute atomic E-state index is 10.5. The van der Waals surface area contributed by atoms with Gasteiger partial charge in [0.05, 0.1) is 23.7 Å². The molecule has 0 aromatic carbocycles. The smallest absolute Gasteiger partial charge is 0.278 e. The van der Waals surface area contributed by atoms with Gasteiger partial charge in [-0.2, -0.15) is 4.98 Å². The van der Waals surface area contributed by atoms with Gasteiger partial charge in [0.1, 0.15) is 5.82 Å². The van der Waals surface area contributed by atoms with Crippen LogP contribution in [0.2, 0.25) is 0 Å². The summed E-state index contributed by atoms with van der Waals surface area (Å²) in [5.41, 5.74) is -0.0344. The minimum atomic E-state index is -0.481. The molecule has 1 rings (SSSR count). The van der Waals surface area contributed by atoms with Gasteiger partial charge in [0.2, 0.25) is 5.88 Å². The van der Waals surface area contributed by atoms with E-state index in [9.17, 15) is 10.1 Å². The van der Waals surface area contributed by atoms with E-state index in [0.717, 1.165) is 0 Å². The zero-order chi connectivity index (χ0) is 10.6. The fourth-order valence-corrected chi connectivity index (χ4v) is 0.947. The fraction of sp³-hybridized carbons (Fsp3) is 0.375. The molecular formula is C8H11N3O3. The van der Waals surface area contributed by atoms with Crippen molar-refractivity contribution in [2.45, 2.75) is 6.92 Å². The number of ether oxygens (including phenoxy) is 1. The van der Waals surface area contributed by atoms with Crippen molar-refractivity contribution < 1.29 is 9.66 Å². The Kier molecular flexibility index (Phi) is 3.22. The van der Waals surface area contributed by atoms with Crippen molar-refractivity contribution in [3.05, 3.63) is 22.2 Å². The lowest BCUT2D eigenvalue weighted by molar-refractivity contribution is -0.384. The number of anilines is 1. The van der Waals surface area contributed by atoms with Crippen LogP contribution in [0.25, 0.3) is 0 Å². The van der Waals surface area contributed by atoms with Crippen molar-refractivity contribution in [1.82, 2.24) is 4.98 Å². The average Bonchev–Trinajstić information content (AvgIpc) is 2.17. The van der Waals surface area contributed by atoms with Crippen LogP contribution in [-0.2, 0) is 0 Å². The molecule has 0 unspecified atom stereocenters. The molecule has 1 aromatic heterocycles. The van der Waals surface area contributed by atoms with Gasteiger partial charge in [0, 0.05) is 7.05 Å². The predicted molar refractivity (Wildman–Crippen MR) is 51.6 cm³/mol. The third kappa shape index (κ3) is 2.32. The van der Waals surface area contributed by atoms with Crippen molar-refractivity contribution in [3.63, 3.8) is 0 Å². The van der Waals surface area contributed by atoms with Gasteiger partial charge in [-0.1, -0.05) is 0 Å². The van der Waals surface area contributed by atoms with Crippen molar-refractivity contribution in [1.29, 1.82) is 0 Å². The molecule has 6 nitrogen and oxygen atoms in total. The Morgan fingerprint density at radius 2 is 2.36 bits per heavy atom. The second kappa shape index (κ2) is 4.40. The van der Waals surface area contributed by atoms with E-state index in [1.165, 1.54) is 12.1 Å². The third-order valence-electron chi connectivity index (χ3n) is 1.55. The molecule has 1 heterocycles. The molecule has 0 spiro atoms. The molecule has 0 aliphatic heterocycles. The van der Waals surface area contributed by atoms with Gasteiger partial charge < -0.3 is 10.1 Å². The third-order valence-corrected chi connectivity index (χ3v) is 1.55. The molecule has 0 atom stereocenters. The Morgan fingerprint density at radius 1 is 1.64 bits per heavy atom. The highest BCUT2D eigenvalue weighted by Gasteiger charge is 2.10. The normalized spacial score (nSPS) is 9.57. The van der Waals surface area contributed by atoms with Crippen molar-refractivity contribution >= 4 is 11.5 Å². The van der Waals surface area contributed by atoms with Crippen molar-refractivity contribution in [2.24, 2.45) is 0 Å². The number of rotatable bonds is 4. The van der Waals surface area contributed by atoms with Gasteiger partial charge in [-0.05, 0) is 6.92 Å². The zero-order valence-corrected chi connectivity index (χ0v) is 7.98. The van der Waals surface area contributed by atoms with E-state index in [0.29, 0.717) is 12.4 Å². The summed E-state index contributed by atoms with van der Waals surface area (Å²) in [5, 5.41) is 13.2. The van der Waals surface area contributed by atoms with E-state index in [2.05, 4.69) is 10.3 Å². The van der Waals surface area contributed by atoms with Crippen LogP contribution in [-0.4, -0.2) is 23.6 Å². The Labute approximate surface area is 81.1 Å². The lowest BCUT2D eigenvalue weighted by Gasteiger charge is -2.04. The predicted octanol–water partition coefficient (Wildman–Crippen LogP) is 1.43. The topological polar surface area (TPSA) is 77.3 Å². The summed E-state index contributed by atoms with van der Waals surface area (Å²) in [7, 11) is 1.64. The molecular weight excluding hydrogens is 186 g/mol. The van der Waals surface area contributed by atoms with Crippen LogP contribution in [0.15, 0.2) is 12.1 Å². The molecule has 0 aliphatic carbocycles. The van der Waals surface area contributed by atoms with Crippen molar-refractivity contribution in [2.75, 3.05) is 19.0 Å². The largest absolute Gasteiger partial charge is 0.478 e. The SMILES string of the molecule is CCOc1cc([N+](=O)[O-])cc(NC)n1. The molecule has 0 bridgehead atoms. The standard InChI is InChI=1S/C8H11N3O3/c1-3-14-8-5-6(11(12)13)4-7(9-2)10-8/h4-5H,3H2,1-2H3,(H,9,10). The summed E-state index contributed by atoms with van der Waals surface area (Å²) >= 11 is 0. The van der Waals surface area contributed by atoms with Crippen LogP contribution in [0.5, 0.6) is 5.88 Å². The quantitative estimate of drug-likeness (QED) is 0.583. The highest BCUT2D eigenvalue weighted by molar-refractivity contribution is 5.47. The Bertz CT molecular complexity index is 341. The Hall–Kier alpha value is -1.85. The van der Waals surface area contributed by atoms with Gasteiger partial charge >= 0.3 is 0 Å². The van der Waals surface area contributed by atoms with E-state index in [1.54, 1.807) is 14.0 Å². The summed E-state index contributed by atoms with van der Waals surface area (Å²) in [4.78, 5) is 14.0. The summed E-state index contributed by atoms with van der Waals surface area (Å²) < 4.78 is 5.08. The lowest BCUT2D eigenvalue weighted by atomic mass is 10.4. The first kappa shape index (κ1) is 10.2. The number of pyridine rings is 1. The monoisotopic (exact) mass is 197 g/mol. The van der Waals surface area contributed by atoms with Crippen LogP contribution in [0, 0.1) is 10.1 Å². The van der Waals surface area contributed by atoms with Gasteiger partial charge in [-0.25, -0.2) is 0 Å². The number of nitrogens with zero attached hydrogens (tertiary/aromatic N) is 2. The first-order valence-corrected chi connectivity index (χ1v) is 4.14. The number of hydrogen-bond acceptors (Lipinski definition) is 5. The molecule has 0 radical (unpaired) electrons. The minimum absolute atomic E-state index is 0.0344. The van der Waals surface area contributed by atoms with Crippen LogP contribution >= 0.6 is 0 Å². The molecule has 6 heteroatoms. The molecule has 14 heavy (non-hydrogen) atoms. The number of aromatic nitrogens is 1. The maximum Gasteiger partial charge on any atom is 0.278 e. The highest BCUT2D eigenvalue weighted by atomic mass is 16.6. The number of nitro groups is 1. The van der Waals surface area contributed by atoms with Crippen LogP contribution in [0.4, 0.5) is 11.5 Å². The second-order valence-electron chi connectivity index (χ2n) is 2.49. The lowest BCUT2D eigenvalue weighted by Crippen LogP contribution is -2.00. The molecule has 0 saturated heterocycles. The maximum atomic E-state index is 10.5. The second-order valence-corrected chi connectivity index (χ2v) is 2.49. The van der Waals surface area contributed by atoms with E-state index < -0.39 is 4.92 Å². The average molecular weight is 197 g/mol. The van der Waals surface area contributed by atoms with Crippen LogP contribution in [0.1, 0.15) is 6.92 Å². The molecule has 1 aromatic rings. The van der Waals surface area contributed by atoms with Gasteiger partial charge in [0.25, 0.3) is 5.69 Å².